The molecule has 0 saturated heterocycles. The molecule has 0 bridgehead atoms. The van der Waals surface area contributed by atoms with Crippen LogP contribution in [0.4, 0.5) is 0 Å². The Labute approximate surface area is 131 Å². The molecule has 0 saturated carbocycles. The van der Waals surface area contributed by atoms with Crippen molar-refractivity contribution in [1.82, 2.24) is 4.98 Å². The molecule has 0 aliphatic heterocycles. The lowest BCUT2D eigenvalue weighted by molar-refractivity contribution is 0.112. The maximum Gasteiger partial charge on any atom is 0.280 e. The van der Waals surface area contributed by atoms with Crippen molar-refractivity contribution in [3.05, 3.63) is 38.3 Å². The molecular formula is C14H13Cl2NO2S. The highest BCUT2D eigenvalue weighted by molar-refractivity contribution is 7.15. The minimum Gasteiger partial charge on any atom is -0.431 e. The first kappa shape index (κ1) is 15.3. The second-order valence-corrected chi connectivity index (χ2v) is 6.41. The molecule has 0 amide bonds. The number of aryl methyl sites for hydroxylation is 1. The fourth-order valence-corrected chi connectivity index (χ4v) is 3.08. The van der Waals surface area contributed by atoms with Crippen molar-refractivity contribution in [2.45, 2.75) is 26.7 Å². The molecule has 0 radical (unpaired) electrons. The lowest BCUT2D eigenvalue weighted by Crippen LogP contribution is -1.94. The number of nitrogens with zero attached hydrogens (tertiary/aromatic N) is 1. The molecule has 106 valence electrons. The van der Waals surface area contributed by atoms with Gasteiger partial charge in [-0.15, -0.1) is 0 Å². The summed E-state index contributed by atoms with van der Waals surface area (Å²) in [6, 6.07) is 3.76. The summed E-state index contributed by atoms with van der Waals surface area (Å²) in [6.07, 6.45) is 0.668. The van der Waals surface area contributed by atoms with E-state index in [1.807, 2.05) is 19.1 Å². The van der Waals surface area contributed by atoms with Gasteiger partial charge >= 0.3 is 0 Å². The molecule has 1 heterocycles. The van der Waals surface area contributed by atoms with Crippen LogP contribution in [0, 0.1) is 6.92 Å². The minimum atomic E-state index is 0.163. The molecule has 0 aliphatic carbocycles. The first-order chi connectivity index (χ1) is 9.42. The van der Waals surface area contributed by atoms with E-state index in [4.69, 9.17) is 27.9 Å². The van der Waals surface area contributed by atoms with Gasteiger partial charge in [-0.1, -0.05) is 48.4 Å². The van der Waals surface area contributed by atoms with E-state index in [9.17, 15) is 4.79 Å². The Balaban J connectivity index is 2.37. The van der Waals surface area contributed by atoms with E-state index in [0.29, 0.717) is 22.1 Å². The second-order valence-electron chi connectivity index (χ2n) is 4.65. The largest absolute Gasteiger partial charge is 0.431 e. The number of carbonyl (C=O) groups excluding carboxylic acids is 1. The number of hydrogen-bond acceptors (Lipinski definition) is 4. The number of aldehydes is 1. The van der Waals surface area contributed by atoms with Crippen LogP contribution in [0.1, 0.15) is 40.6 Å². The molecule has 0 fully saturated rings. The summed E-state index contributed by atoms with van der Waals surface area (Å²) in [5, 5.41) is 1.23. The third-order valence-electron chi connectivity index (χ3n) is 2.81. The Morgan fingerprint density at radius 1 is 1.35 bits per heavy atom. The Hall–Kier alpha value is -1.10. The molecule has 0 atom stereocenters. The van der Waals surface area contributed by atoms with Gasteiger partial charge in [0.05, 0.1) is 0 Å². The molecule has 0 spiro atoms. The van der Waals surface area contributed by atoms with Crippen molar-refractivity contribution >= 4 is 40.8 Å². The van der Waals surface area contributed by atoms with Crippen molar-refractivity contribution < 1.29 is 9.53 Å². The van der Waals surface area contributed by atoms with Gasteiger partial charge in [-0.05, 0) is 36.1 Å². The number of ether oxygens (including phenoxy) is 1. The molecule has 20 heavy (non-hydrogen) atoms. The van der Waals surface area contributed by atoms with Gasteiger partial charge in [0.25, 0.3) is 5.19 Å². The van der Waals surface area contributed by atoms with Crippen LogP contribution in [-0.2, 0) is 0 Å². The Morgan fingerprint density at radius 2 is 2.05 bits per heavy atom. The van der Waals surface area contributed by atoms with Crippen LogP contribution in [0.25, 0.3) is 0 Å². The zero-order valence-electron chi connectivity index (χ0n) is 11.2. The average molecular weight is 330 g/mol. The van der Waals surface area contributed by atoms with Gasteiger partial charge < -0.3 is 4.74 Å². The summed E-state index contributed by atoms with van der Waals surface area (Å²) >= 11 is 13.2. The summed E-state index contributed by atoms with van der Waals surface area (Å²) in [5.41, 5.74) is 1.91. The predicted molar refractivity (Wildman–Crippen MR) is 82.9 cm³/mol. The van der Waals surface area contributed by atoms with Gasteiger partial charge in [0.1, 0.15) is 10.6 Å². The lowest BCUT2D eigenvalue weighted by atomic mass is 10.0. The summed E-state index contributed by atoms with van der Waals surface area (Å²) in [7, 11) is 0. The number of hydrogen-bond donors (Lipinski definition) is 0. The van der Waals surface area contributed by atoms with Gasteiger partial charge in [0.15, 0.2) is 11.4 Å². The zero-order chi connectivity index (χ0) is 14.9. The number of thiazole rings is 1. The first-order valence-electron chi connectivity index (χ1n) is 6.01. The first-order valence-corrected chi connectivity index (χ1v) is 7.59. The highest BCUT2D eigenvalue weighted by Crippen LogP contribution is 2.36. The van der Waals surface area contributed by atoms with Gasteiger partial charge in [-0.25, -0.2) is 0 Å². The molecule has 6 heteroatoms. The van der Waals surface area contributed by atoms with E-state index in [1.165, 1.54) is 0 Å². The Kier molecular flexibility index (Phi) is 4.68. The van der Waals surface area contributed by atoms with Crippen molar-refractivity contribution in [3.63, 3.8) is 0 Å². The van der Waals surface area contributed by atoms with Crippen molar-refractivity contribution in [2.24, 2.45) is 0 Å². The maximum absolute atomic E-state index is 10.8. The zero-order valence-corrected chi connectivity index (χ0v) is 13.6. The summed E-state index contributed by atoms with van der Waals surface area (Å²) in [4.78, 5) is 15.1. The Bertz CT molecular complexity index is 653. The van der Waals surface area contributed by atoms with Crippen LogP contribution in [-0.4, -0.2) is 11.3 Å². The fraction of sp³-hybridized carbons (Fsp3) is 0.286. The van der Waals surface area contributed by atoms with Gasteiger partial charge in [-0.3, -0.25) is 4.79 Å². The van der Waals surface area contributed by atoms with E-state index < -0.39 is 0 Å². The molecule has 3 nitrogen and oxygen atoms in total. The molecule has 0 aliphatic rings. The lowest BCUT2D eigenvalue weighted by Gasteiger charge is -2.13. The van der Waals surface area contributed by atoms with Crippen LogP contribution >= 0.6 is 34.5 Å². The molecule has 1 aromatic carbocycles. The summed E-state index contributed by atoms with van der Waals surface area (Å²) in [6.45, 7) is 6.03. The predicted octanol–water partition coefficient (Wildman–Crippen LogP) is 5.49. The summed E-state index contributed by atoms with van der Waals surface area (Å²) in [5.74, 6) is 0.955. The normalized spacial score (nSPS) is 10.9. The molecule has 0 N–H and O–H groups in total. The van der Waals surface area contributed by atoms with Gasteiger partial charge in [0.2, 0.25) is 0 Å². The third-order valence-corrected chi connectivity index (χ3v) is 4.40. The van der Waals surface area contributed by atoms with E-state index >= 15 is 0 Å². The third kappa shape index (κ3) is 3.14. The smallest absolute Gasteiger partial charge is 0.280 e. The van der Waals surface area contributed by atoms with Gasteiger partial charge in [-0.2, -0.15) is 4.98 Å². The number of aromatic nitrogens is 1. The van der Waals surface area contributed by atoms with Crippen LogP contribution in [0.2, 0.25) is 10.2 Å². The molecule has 2 aromatic rings. The number of benzene rings is 1. The highest BCUT2D eigenvalue weighted by atomic mass is 35.5. The number of halogens is 2. The van der Waals surface area contributed by atoms with E-state index in [2.05, 4.69) is 18.8 Å². The molecule has 1 aromatic heterocycles. The SMILES string of the molecule is Cc1cc(Cl)c(C(C)C)cc1Oc1nc(Cl)c(C=O)s1. The van der Waals surface area contributed by atoms with Crippen LogP contribution in [0.5, 0.6) is 10.9 Å². The van der Waals surface area contributed by atoms with E-state index in [-0.39, 0.29) is 11.1 Å². The number of carbonyl (C=O) groups is 1. The Morgan fingerprint density at radius 3 is 2.60 bits per heavy atom. The topological polar surface area (TPSA) is 39.2 Å². The van der Waals surface area contributed by atoms with Gasteiger partial charge in [0, 0.05) is 5.02 Å². The average Bonchev–Trinajstić information content (AvgIpc) is 2.72. The van der Waals surface area contributed by atoms with Crippen molar-refractivity contribution in [1.29, 1.82) is 0 Å². The van der Waals surface area contributed by atoms with Crippen molar-refractivity contribution in [2.75, 3.05) is 0 Å². The molecular weight excluding hydrogens is 317 g/mol. The maximum atomic E-state index is 10.8. The van der Waals surface area contributed by atoms with Crippen LogP contribution in [0.3, 0.4) is 0 Å². The van der Waals surface area contributed by atoms with Crippen molar-refractivity contribution in [3.8, 4) is 10.9 Å². The highest BCUT2D eigenvalue weighted by Gasteiger charge is 2.14. The molecule has 0 unspecified atom stereocenters. The second kappa shape index (κ2) is 6.12. The standard InChI is InChI=1S/C14H13Cl2NO2S/c1-7(2)9-5-11(8(3)4-10(9)15)19-14-17-13(16)12(6-18)20-14/h4-7H,1-3H3. The van der Waals surface area contributed by atoms with E-state index in [0.717, 1.165) is 27.5 Å². The van der Waals surface area contributed by atoms with E-state index in [1.54, 1.807) is 0 Å². The number of rotatable bonds is 4. The quantitative estimate of drug-likeness (QED) is 0.696. The summed E-state index contributed by atoms with van der Waals surface area (Å²) < 4.78 is 5.72. The monoisotopic (exact) mass is 329 g/mol. The van der Waals surface area contributed by atoms with Crippen LogP contribution < -0.4 is 4.74 Å². The minimum absolute atomic E-state index is 0.163. The fourth-order valence-electron chi connectivity index (χ4n) is 1.73. The van der Waals surface area contributed by atoms with Crippen LogP contribution in [0.15, 0.2) is 12.1 Å². The molecule has 2 rings (SSSR count).